The molecule has 8 aromatic carbocycles. The molecule has 0 aliphatic carbocycles. The van der Waals surface area contributed by atoms with Crippen molar-refractivity contribution in [2.24, 2.45) is 0 Å². The molecule has 2 heterocycles. The Hall–Kier alpha value is -6.12. The predicted octanol–water partition coefficient (Wildman–Crippen LogP) is 11.9. The van der Waals surface area contributed by atoms with E-state index in [1.807, 2.05) is 0 Å². The van der Waals surface area contributed by atoms with Crippen LogP contribution >= 0.6 is 0 Å². The highest BCUT2D eigenvalue weighted by Gasteiger charge is 2.24. The molecule has 0 aliphatic heterocycles. The molecule has 0 N–H and O–H groups in total. The standard InChI is InChI=1S/C44H28N2/c1-2-16-34(17-3-1)45-41-21-11-9-19-37(41)42-43(45)38(33-23-22-29-12-4-6-14-31(29)26-33)28-39-36-18-8-10-20-40(36)46(44(39)42)35-25-24-30-13-5-7-15-32(30)27-35/h1-28H. The third kappa shape index (κ3) is 3.59. The summed E-state index contributed by atoms with van der Waals surface area (Å²) in [5.74, 6) is 0. The van der Waals surface area contributed by atoms with Gasteiger partial charge in [-0.3, -0.25) is 0 Å². The van der Waals surface area contributed by atoms with Crippen LogP contribution in [0.25, 0.3) is 87.7 Å². The molecule has 214 valence electrons. The monoisotopic (exact) mass is 584 g/mol. The third-order valence-corrected chi connectivity index (χ3v) is 9.64. The van der Waals surface area contributed by atoms with E-state index in [1.165, 1.54) is 82.0 Å². The number of rotatable bonds is 3. The fourth-order valence-electron chi connectivity index (χ4n) is 7.61. The minimum atomic E-state index is 1.16. The van der Waals surface area contributed by atoms with Crippen LogP contribution in [-0.4, -0.2) is 9.13 Å². The lowest BCUT2D eigenvalue weighted by Crippen LogP contribution is -1.97. The van der Waals surface area contributed by atoms with Gasteiger partial charge in [0, 0.05) is 38.5 Å². The van der Waals surface area contributed by atoms with Crippen molar-refractivity contribution in [3.05, 3.63) is 170 Å². The largest absolute Gasteiger partial charge is 0.309 e. The van der Waals surface area contributed by atoms with Crippen molar-refractivity contribution in [1.82, 2.24) is 9.13 Å². The molecule has 2 aromatic heterocycles. The minimum Gasteiger partial charge on any atom is -0.309 e. The van der Waals surface area contributed by atoms with Gasteiger partial charge in [-0.05, 0) is 75.6 Å². The summed E-state index contributed by atoms with van der Waals surface area (Å²) in [5, 5.41) is 10.0. The minimum absolute atomic E-state index is 1.16. The third-order valence-electron chi connectivity index (χ3n) is 9.64. The molecule has 2 heteroatoms. The van der Waals surface area contributed by atoms with Crippen LogP contribution in [-0.2, 0) is 0 Å². The average Bonchev–Trinajstić information content (AvgIpc) is 3.64. The van der Waals surface area contributed by atoms with Crippen LogP contribution in [0, 0.1) is 0 Å². The maximum atomic E-state index is 2.49. The number of hydrogen-bond donors (Lipinski definition) is 0. The number of fused-ring (bicyclic) bond motifs is 9. The first-order valence-electron chi connectivity index (χ1n) is 15.9. The maximum Gasteiger partial charge on any atom is 0.0641 e. The fourth-order valence-corrected chi connectivity index (χ4v) is 7.61. The first kappa shape index (κ1) is 25.2. The van der Waals surface area contributed by atoms with Crippen molar-refractivity contribution in [2.75, 3.05) is 0 Å². The van der Waals surface area contributed by atoms with Crippen molar-refractivity contribution >= 4 is 65.2 Å². The maximum absolute atomic E-state index is 2.49. The molecule has 10 rings (SSSR count). The van der Waals surface area contributed by atoms with E-state index < -0.39 is 0 Å². The van der Waals surface area contributed by atoms with Crippen LogP contribution in [0.15, 0.2) is 170 Å². The molecule has 0 fully saturated rings. The quantitative estimate of drug-likeness (QED) is 0.195. The Morgan fingerprint density at radius 2 is 0.891 bits per heavy atom. The summed E-state index contributed by atoms with van der Waals surface area (Å²) in [5.41, 5.74) is 9.64. The van der Waals surface area contributed by atoms with Gasteiger partial charge in [0.05, 0.1) is 22.1 Å². The molecule has 0 saturated carbocycles. The lowest BCUT2D eigenvalue weighted by atomic mass is 9.96. The molecule has 0 saturated heterocycles. The molecule has 0 unspecified atom stereocenters. The van der Waals surface area contributed by atoms with Gasteiger partial charge in [0.25, 0.3) is 0 Å². The van der Waals surface area contributed by atoms with Crippen LogP contribution in [0.1, 0.15) is 0 Å². The second kappa shape index (κ2) is 9.69. The number of para-hydroxylation sites is 3. The Morgan fingerprint density at radius 1 is 0.326 bits per heavy atom. The Balaban J connectivity index is 1.46. The summed E-state index contributed by atoms with van der Waals surface area (Å²) in [4.78, 5) is 0. The van der Waals surface area contributed by atoms with Crippen LogP contribution < -0.4 is 0 Å². The summed E-state index contributed by atoms with van der Waals surface area (Å²) in [6, 6.07) is 62.1. The number of aromatic nitrogens is 2. The molecule has 2 nitrogen and oxygen atoms in total. The van der Waals surface area contributed by atoms with Crippen LogP contribution in [0.5, 0.6) is 0 Å². The topological polar surface area (TPSA) is 9.86 Å². The molecule has 10 aromatic rings. The van der Waals surface area contributed by atoms with Gasteiger partial charge >= 0.3 is 0 Å². The number of nitrogens with zero attached hydrogens (tertiary/aromatic N) is 2. The van der Waals surface area contributed by atoms with E-state index in [4.69, 9.17) is 0 Å². The van der Waals surface area contributed by atoms with Crippen molar-refractivity contribution in [3.8, 4) is 22.5 Å². The van der Waals surface area contributed by atoms with E-state index in [1.54, 1.807) is 0 Å². The zero-order valence-corrected chi connectivity index (χ0v) is 25.1. The molecule has 0 bridgehead atoms. The summed E-state index contributed by atoms with van der Waals surface area (Å²) in [6.07, 6.45) is 0. The number of benzene rings is 8. The zero-order valence-electron chi connectivity index (χ0n) is 25.1. The normalized spacial score (nSPS) is 11.9. The van der Waals surface area contributed by atoms with Gasteiger partial charge in [0.2, 0.25) is 0 Å². The second-order valence-electron chi connectivity index (χ2n) is 12.2. The van der Waals surface area contributed by atoms with E-state index in [-0.39, 0.29) is 0 Å². The summed E-state index contributed by atoms with van der Waals surface area (Å²) in [7, 11) is 0. The van der Waals surface area contributed by atoms with Crippen molar-refractivity contribution in [1.29, 1.82) is 0 Å². The SMILES string of the molecule is c1ccc(-n2c3ccccc3c3c2c(-c2ccc4ccccc4c2)cc2c4ccccc4n(-c4ccc5ccccc5c4)c23)cc1. The molecule has 0 radical (unpaired) electrons. The van der Waals surface area contributed by atoms with Gasteiger partial charge in [0.1, 0.15) is 0 Å². The smallest absolute Gasteiger partial charge is 0.0641 e. The highest BCUT2D eigenvalue weighted by atomic mass is 15.0. The fraction of sp³-hybridized carbons (Fsp3) is 0. The second-order valence-corrected chi connectivity index (χ2v) is 12.2. The van der Waals surface area contributed by atoms with Gasteiger partial charge in [-0.1, -0.05) is 121 Å². The summed E-state index contributed by atoms with van der Waals surface area (Å²) < 4.78 is 4.96. The van der Waals surface area contributed by atoms with Gasteiger partial charge < -0.3 is 9.13 Å². The van der Waals surface area contributed by atoms with E-state index in [9.17, 15) is 0 Å². The molecular weight excluding hydrogens is 556 g/mol. The van der Waals surface area contributed by atoms with Crippen LogP contribution in [0.2, 0.25) is 0 Å². The molecule has 0 aliphatic rings. The molecule has 0 atom stereocenters. The van der Waals surface area contributed by atoms with E-state index in [0.29, 0.717) is 0 Å². The first-order chi connectivity index (χ1) is 22.8. The molecule has 46 heavy (non-hydrogen) atoms. The van der Waals surface area contributed by atoms with Crippen molar-refractivity contribution in [3.63, 3.8) is 0 Å². The van der Waals surface area contributed by atoms with E-state index >= 15 is 0 Å². The van der Waals surface area contributed by atoms with Crippen LogP contribution in [0.4, 0.5) is 0 Å². The summed E-state index contributed by atoms with van der Waals surface area (Å²) in [6.45, 7) is 0. The van der Waals surface area contributed by atoms with Gasteiger partial charge in [-0.25, -0.2) is 0 Å². The van der Waals surface area contributed by atoms with Gasteiger partial charge in [-0.15, -0.1) is 0 Å². The lowest BCUT2D eigenvalue weighted by molar-refractivity contribution is 1.18. The van der Waals surface area contributed by atoms with Crippen molar-refractivity contribution < 1.29 is 0 Å². The zero-order chi connectivity index (χ0) is 30.2. The van der Waals surface area contributed by atoms with Crippen LogP contribution in [0.3, 0.4) is 0 Å². The Bertz CT molecular complexity index is 2800. The van der Waals surface area contributed by atoms with Gasteiger partial charge in [-0.2, -0.15) is 0 Å². The first-order valence-corrected chi connectivity index (χ1v) is 15.9. The molecule has 0 amide bonds. The van der Waals surface area contributed by atoms with Crippen molar-refractivity contribution in [2.45, 2.75) is 0 Å². The van der Waals surface area contributed by atoms with Gasteiger partial charge in [0.15, 0.2) is 0 Å². The molecular formula is C44H28N2. The Labute approximate surface area is 266 Å². The Kier molecular flexibility index (Phi) is 5.31. The average molecular weight is 585 g/mol. The molecule has 0 spiro atoms. The number of hydrogen-bond acceptors (Lipinski definition) is 0. The highest BCUT2D eigenvalue weighted by molar-refractivity contribution is 6.29. The predicted molar refractivity (Wildman–Crippen MR) is 196 cm³/mol. The lowest BCUT2D eigenvalue weighted by Gasteiger charge is -2.15. The Morgan fingerprint density at radius 3 is 1.65 bits per heavy atom. The highest BCUT2D eigenvalue weighted by Crippen LogP contribution is 2.46. The summed E-state index contributed by atoms with van der Waals surface area (Å²) >= 11 is 0. The van der Waals surface area contributed by atoms with E-state index in [0.717, 1.165) is 5.69 Å². The van der Waals surface area contributed by atoms with E-state index in [2.05, 4.69) is 179 Å².